The molecule has 0 rings (SSSR count). The predicted octanol–water partition coefficient (Wildman–Crippen LogP) is 2.48. The Kier molecular flexibility index (Phi) is 6.38. The summed E-state index contributed by atoms with van der Waals surface area (Å²) in [6.45, 7) is 11.0. The van der Waals surface area contributed by atoms with Gasteiger partial charge in [0.15, 0.2) is 0 Å². The molecule has 0 aliphatic carbocycles. The average molecular weight is 200 g/mol. The van der Waals surface area contributed by atoms with Crippen molar-refractivity contribution in [1.82, 2.24) is 4.90 Å². The van der Waals surface area contributed by atoms with Gasteiger partial charge in [0.25, 0.3) is 0 Å². The Morgan fingerprint density at radius 2 is 1.79 bits per heavy atom. The Labute approximate surface area is 89.9 Å². The van der Waals surface area contributed by atoms with Crippen molar-refractivity contribution in [2.45, 2.75) is 53.0 Å². The molecule has 0 aliphatic heterocycles. The molecule has 0 heterocycles. The first-order valence-electron chi connectivity index (χ1n) is 5.83. The van der Waals surface area contributed by atoms with Crippen LogP contribution in [-0.2, 0) is 0 Å². The summed E-state index contributed by atoms with van der Waals surface area (Å²) < 4.78 is 0. The molecule has 2 N–H and O–H groups in total. The van der Waals surface area contributed by atoms with Crippen LogP contribution in [0.15, 0.2) is 0 Å². The summed E-state index contributed by atoms with van der Waals surface area (Å²) in [4.78, 5) is 2.41. The van der Waals surface area contributed by atoms with Gasteiger partial charge in [-0.1, -0.05) is 40.5 Å². The predicted molar refractivity (Wildman–Crippen MR) is 64.5 cm³/mol. The summed E-state index contributed by atoms with van der Waals surface area (Å²) in [7, 11) is 2.19. The molecule has 2 heteroatoms. The van der Waals surface area contributed by atoms with Gasteiger partial charge in [-0.05, 0) is 25.4 Å². The molecule has 0 fully saturated rings. The first-order chi connectivity index (χ1) is 6.43. The Morgan fingerprint density at radius 1 is 1.21 bits per heavy atom. The van der Waals surface area contributed by atoms with Crippen molar-refractivity contribution in [3.8, 4) is 0 Å². The van der Waals surface area contributed by atoms with E-state index in [9.17, 15) is 0 Å². The summed E-state index contributed by atoms with van der Waals surface area (Å²) in [5, 5.41) is 0. The molecule has 14 heavy (non-hydrogen) atoms. The first-order valence-corrected chi connectivity index (χ1v) is 5.83. The second kappa shape index (κ2) is 6.41. The third-order valence-electron chi connectivity index (χ3n) is 2.87. The molecule has 86 valence electrons. The Hall–Kier alpha value is -0.0800. The largest absolute Gasteiger partial charge is 0.329 e. The lowest BCUT2D eigenvalue weighted by atomic mass is 9.86. The van der Waals surface area contributed by atoms with E-state index in [2.05, 4.69) is 39.6 Å². The smallest absolute Gasteiger partial charge is 0.0263 e. The van der Waals surface area contributed by atoms with Crippen LogP contribution >= 0.6 is 0 Å². The van der Waals surface area contributed by atoms with E-state index in [-0.39, 0.29) is 5.41 Å². The maximum Gasteiger partial charge on any atom is 0.0263 e. The van der Waals surface area contributed by atoms with Gasteiger partial charge in [0.05, 0.1) is 0 Å². The van der Waals surface area contributed by atoms with Gasteiger partial charge in [0, 0.05) is 12.6 Å². The molecule has 0 aromatic rings. The van der Waals surface area contributed by atoms with E-state index in [1.54, 1.807) is 0 Å². The number of unbranched alkanes of at least 4 members (excludes halogenated alkanes) is 2. The number of rotatable bonds is 6. The van der Waals surface area contributed by atoms with Crippen LogP contribution in [0.25, 0.3) is 0 Å². The van der Waals surface area contributed by atoms with Gasteiger partial charge < -0.3 is 10.6 Å². The molecular weight excluding hydrogens is 172 g/mol. The van der Waals surface area contributed by atoms with Crippen molar-refractivity contribution in [2.24, 2.45) is 11.1 Å². The summed E-state index contributed by atoms with van der Waals surface area (Å²) in [6, 6.07) is 0.499. The molecule has 0 saturated carbocycles. The molecule has 2 nitrogen and oxygen atoms in total. The van der Waals surface area contributed by atoms with Gasteiger partial charge in [-0.3, -0.25) is 0 Å². The van der Waals surface area contributed by atoms with Crippen LogP contribution in [0, 0.1) is 5.41 Å². The fraction of sp³-hybridized carbons (Fsp3) is 1.00. The highest BCUT2D eigenvalue weighted by molar-refractivity contribution is 4.82. The van der Waals surface area contributed by atoms with Gasteiger partial charge in [-0.15, -0.1) is 0 Å². The normalized spacial score (nSPS) is 14.8. The van der Waals surface area contributed by atoms with Crippen LogP contribution in [0.5, 0.6) is 0 Å². The third-order valence-corrected chi connectivity index (χ3v) is 2.87. The highest BCUT2D eigenvalue weighted by Crippen LogP contribution is 2.22. The number of nitrogens with two attached hydrogens (primary N) is 1. The van der Waals surface area contributed by atoms with E-state index >= 15 is 0 Å². The van der Waals surface area contributed by atoms with E-state index in [0.29, 0.717) is 6.04 Å². The van der Waals surface area contributed by atoms with Crippen molar-refractivity contribution in [3.63, 3.8) is 0 Å². The standard InChI is InChI=1S/C12H28N2/c1-6-7-8-9-14(5)11(10-13)12(2,3)4/h11H,6-10,13H2,1-5H3. The minimum absolute atomic E-state index is 0.287. The fourth-order valence-corrected chi connectivity index (χ4v) is 1.96. The zero-order chi connectivity index (χ0) is 11.2. The lowest BCUT2D eigenvalue weighted by molar-refractivity contribution is 0.130. The Balaban J connectivity index is 3.98. The van der Waals surface area contributed by atoms with Gasteiger partial charge >= 0.3 is 0 Å². The Morgan fingerprint density at radius 3 is 2.14 bits per heavy atom. The minimum atomic E-state index is 0.287. The van der Waals surface area contributed by atoms with Crippen molar-refractivity contribution in [3.05, 3.63) is 0 Å². The monoisotopic (exact) mass is 200 g/mol. The molecule has 0 bridgehead atoms. The van der Waals surface area contributed by atoms with E-state index < -0.39 is 0 Å². The lowest BCUT2D eigenvalue weighted by Gasteiger charge is -2.37. The molecule has 0 aromatic carbocycles. The highest BCUT2D eigenvalue weighted by Gasteiger charge is 2.26. The molecule has 0 aromatic heterocycles. The zero-order valence-electron chi connectivity index (χ0n) is 10.6. The zero-order valence-corrected chi connectivity index (χ0v) is 10.6. The molecule has 0 amide bonds. The fourth-order valence-electron chi connectivity index (χ4n) is 1.96. The maximum absolute atomic E-state index is 5.82. The number of hydrogen-bond donors (Lipinski definition) is 1. The third kappa shape index (κ3) is 4.97. The quantitative estimate of drug-likeness (QED) is 0.667. The second-order valence-electron chi connectivity index (χ2n) is 5.31. The first kappa shape index (κ1) is 13.9. The van der Waals surface area contributed by atoms with Gasteiger partial charge in [-0.2, -0.15) is 0 Å². The second-order valence-corrected chi connectivity index (χ2v) is 5.31. The summed E-state index contributed by atoms with van der Waals surface area (Å²) in [5.74, 6) is 0. The van der Waals surface area contributed by atoms with E-state index in [1.165, 1.54) is 25.8 Å². The van der Waals surface area contributed by atoms with Crippen molar-refractivity contribution >= 4 is 0 Å². The summed E-state index contributed by atoms with van der Waals surface area (Å²) in [6.07, 6.45) is 3.90. The highest BCUT2D eigenvalue weighted by atomic mass is 15.1. The van der Waals surface area contributed by atoms with Crippen LogP contribution < -0.4 is 5.73 Å². The Bertz CT molecular complexity index is 138. The topological polar surface area (TPSA) is 29.3 Å². The lowest BCUT2D eigenvalue weighted by Crippen LogP contribution is -2.47. The van der Waals surface area contributed by atoms with Gasteiger partial charge in [0.2, 0.25) is 0 Å². The van der Waals surface area contributed by atoms with Crippen molar-refractivity contribution < 1.29 is 0 Å². The molecule has 1 unspecified atom stereocenters. The van der Waals surface area contributed by atoms with Crippen molar-refractivity contribution in [2.75, 3.05) is 20.1 Å². The average Bonchev–Trinajstić information content (AvgIpc) is 2.03. The van der Waals surface area contributed by atoms with Gasteiger partial charge in [-0.25, -0.2) is 0 Å². The van der Waals surface area contributed by atoms with Crippen molar-refractivity contribution in [1.29, 1.82) is 0 Å². The number of hydrogen-bond acceptors (Lipinski definition) is 2. The maximum atomic E-state index is 5.82. The van der Waals surface area contributed by atoms with E-state index in [1.807, 2.05) is 0 Å². The SMILES string of the molecule is CCCCCN(C)C(CN)C(C)(C)C. The van der Waals surface area contributed by atoms with E-state index in [4.69, 9.17) is 5.73 Å². The summed E-state index contributed by atoms with van der Waals surface area (Å²) in [5.41, 5.74) is 6.11. The number of nitrogens with zero attached hydrogens (tertiary/aromatic N) is 1. The summed E-state index contributed by atoms with van der Waals surface area (Å²) >= 11 is 0. The van der Waals surface area contributed by atoms with E-state index in [0.717, 1.165) is 6.54 Å². The van der Waals surface area contributed by atoms with Crippen LogP contribution in [-0.4, -0.2) is 31.1 Å². The van der Waals surface area contributed by atoms with Crippen LogP contribution in [0.2, 0.25) is 0 Å². The minimum Gasteiger partial charge on any atom is -0.329 e. The molecule has 0 radical (unpaired) electrons. The van der Waals surface area contributed by atoms with Gasteiger partial charge in [0.1, 0.15) is 0 Å². The molecular formula is C12H28N2. The molecule has 0 aliphatic rings. The molecule has 1 atom stereocenters. The molecule has 0 spiro atoms. The van der Waals surface area contributed by atoms with Crippen LogP contribution in [0.3, 0.4) is 0 Å². The van der Waals surface area contributed by atoms with Crippen LogP contribution in [0.1, 0.15) is 47.0 Å². The number of likely N-dealkylation sites (N-methyl/N-ethyl adjacent to an activating group) is 1. The molecule has 0 saturated heterocycles. The van der Waals surface area contributed by atoms with Crippen LogP contribution in [0.4, 0.5) is 0 Å².